The van der Waals surface area contributed by atoms with Crippen LogP contribution >= 0.6 is 0 Å². The molecule has 1 fully saturated rings. The lowest BCUT2D eigenvalue weighted by molar-refractivity contribution is -0.156. The number of sulfonamides is 1. The maximum absolute atomic E-state index is 13.2. The molecule has 0 saturated carbocycles. The van der Waals surface area contributed by atoms with E-state index in [1.54, 1.807) is 0 Å². The Bertz CT molecular complexity index is 735. The van der Waals surface area contributed by atoms with Gasteiger partial charge in [-0.25, -0.2) is 17.5 Å². The number of halogens is 1. The molecule has 0 aromatic heterocycles. The van der Waals surface area contributed by atoms with Crippen LogP contribution in [0.1, 0.15) is 33.1 Å². The van der Waals surface area contributed by atoms with Gasteiger partial charge in [0, 0.05) is 13.0 Å². The summed E-state index contributed by atoms with van der Waals surface area (Å²) in [5.41, 5.74) is -1.19. The first-order valence-corrected chi connectivity index (χ1v) is 8.82. The van der Waals surface area contributed by atoms with Crippen LogP contribution in [-0.4, -0.2) is 37.2 Å². The quantitative estimate of drug-likeness (QED) is 0.877. The zero-order valence-corrected chi connectivity index (χ0v) is 13.8. The molecule has 126 valence electrons. The molecule has 1 aromatic carbocycles. The van der Waals surface area contributed by atoms with Gasteiger partial charge in [-0.2, -0.15) is 0 Å². The third kappa shape index (κ3) is 3.36. The Kier molecular flexibility index (Phi) is 4.74. The van der Waals surface area contributed by atoms with E-state index in [1.165, 1.54) is 24.0 Å². The lowest BCUT2D eigenvalue weighted by atomic mass is 9.85. The second-order valence-corrected chi connectivity index (χ2v) is 7.39. The van der Waals surface area contributed by atoms with Gasteiger partial charge in [0.2, 0.25) is 5.91 Å². The van der Waals surface area contributed by atoms with Crippen molar-refractivity contribution in [3.8, 4) is 0 Å². The van der Waals surface area contributed by atoms with Gasteiger partial charge >= 0.3 is 0 Å². The number of carbonyl (C=O) groups excluding carboxylic acids is 2. The summed E-state index contributed by atoms with van der Waals surface area (Å²) in [6, 6.07) is 4.39. The molecule has 0 aliphatic carbocycles. The summed E-state index contributed by atoms with van der Waals surface area (Å²) in [5, 5.41) is 0. The first kappa shape index (κ1) is 17.4. The van der Waals surface area contributed by atoms with Crippen molar-refractivity contribution in [2.75, 3.05) is 6.54 Å². The molecule has 1 unspecified atom stereocenters. The third-order valence-corrected chi connectivity index (χ3v) is 5.33. The normalized spacial score (nSPS) is 20.7. The minimum absolute atomic E-state index is 0.181. The molecule has 0 radical (unpaired) electrons. The number of nitrogens with one attached hydrogen (secondary N) is 1. The van der Waals surface area contributed by atoms with Crippen molar-refractivity contribution in [1.82, 2.24) is 9.62 Å². The molecule has 1 N–H and O–H groups in total. The van der Waals surface area contributed by atoms with Crippen LogP contribution in [0.3, 0.4) is 0 Å². The van der Waals surface area contributed by atoms with Crippen LogP contribution in [0.15, 0.2) is 29.2 Å². The standard InChI is InChI=1S/C15H19FN2O4S/c1-3-5-13(19)18-9-8-15(18,2)14(20)17-23(21,22)12-7-4-6-11(16)10-12/h4,6-7,10H,3,5,8-9H2,1-2H3,(H,17,20). The van der Waals surface area contributed by atoms with E-state index in [4.69, 9.17) is 0 Å². The van der Waals surface area contributed by atoms with Gasteiger partial charge in [-0.1, -0.05) is 13.0 Å². The zero-order chi connectivity index (χ0) is 17.3. The van der Waals surface area contributed by atoms with Gasteiger partial charge in [0.05, 0.1) is 4.90 Å². The fraction of sp³-hybridized carbons (Fsp3) is 0.467. The summed E-state index contributed by atoms with van der Waals surface area (Å²) in [7, 11) is -4.18. The summed E-state index contributed by atoms with van der Waals surface area (Å²) < 4.78 is 39.5. The van der Waals surface area contributed by atoms with Gasteiger partial charge in [-0.15, -0.1) is 0 Å². The second kappa shape index (κ2) is 6.27. The van der Waals surface area contributed by atoms with Crippen LogP contribution in [-0.2, 0) is 19.6 Å². The molecule has 1 aliphatic heterocycles. The maximum Gasteiger partial charge on any atom is 0.264 e. The summed E-state index contributed by atoms with van der Waals surface area (Å²) >= 11 is 0. The molecule has 0 bridgehead atoms. The third-order valence-electron chi connectivity index (χ3n) is 4.01. The Balaban J connectivity index is 2.16. The number of likely N-dealkylation sites (tertiary alicyclic amines) is 1. The van der Waals surface area contributed by atoms with Gasteiger partial charge in [0.1, 0.15) is 11.4 Å². The molecule has 2 amide bonds. The molecule has 1 saturated heterocycles. The first-order chi connectivity index (χ1) is 10.7. The molecule has 8 heteroatoms. The zero-order valence-electron chi connectivity index (χ0n) is 13.0. The summed E-state index contributed by atoms with van der Waals surface area (Å²) in [6.07, 6.45) is 1.33. The van der Waals surface area contributed by atoms with Crippen LogP contribution in [0.4, 0.5) is 4.39 Å². The van der Waals surface area contributed by atoms with E-state index in [0.29, 0.717) is 25.8 Å². The Morgan fingerprint density at radius 2 is 2.09 bits per heavy atom. The smallest absolute Gasteiger partial charge is 0.264 e. The molecule has 2 rings (SSSR count). The van der Waals surface area contributed by atoms with E-state index < -0.39 is 27.3 Å². The Morgan fingerprint density at radius 1 is 1.39 bits per heavy atom. The van der Waals surface area contributed by atoms with Crippen molar-refractivity contribution in [2.24, 2.45) is 0 Å². The molecule has 23 heavy (non-hydrogen) atoms. The van der Waals surface area contributed by atoms with E-state index in [1.807, 2.05) is 11.6 Å². The molecular formula is C15H19FN2O4S. The van der Waals surface area contributed by atoms with Crippen LogP contribution in [0, 0.1) is 5.82 Å². The van der Waals surface area contributed by atoms with Gasteiger partial charge in [-0.3, -0.25) is 9.59 Å². The number of nitrogens with zero attached hydrogens (tertiary/aromatic N) is 1. The van der Waals surface area contributed by atoms with Crippen molar-refractivity contribution in [3.05, 3.63) is 30.1 Å². The van der Waals surface area contributed by atoms with Gasteiger partial charge < -0.3 is 4.90 Å². The highest BCUT2D eigenvalue weighted by Crippen LogP contribution is 2.32. The minimum atomic E-state index is -4.18. The number of rotatable bonds is 5. The average molecular weight is 342 g/mol. The fourth-order valence-corrected chi connectivity index (χ4v) is 3.58. The monoisotopic (exact) mass is 342 g/mol. The topological polar surface area (TPSA) is 83.6 Å². The largest absolute Gasteiger partial charge is 0.328 e. The number of amides is 2. The maximum atomic E-state index is 13.2. The van der Waals surface area contributed by atoms with Gasteiger partial charge in [-0.05, 0) is 38.0 Å². The second-order valence-electron chi connectivity index (χ2n) is 5.71. The lowest BCUT2D eigenvalue weighted by Crippen LogP contribution is -2.67. The average Bonchev–Trinajstić information content (AvgIpc) is 2.45. The van der Waals surface area contributed by atoms with E-state index in [9.17, 15) is 22.4 Å². The molecule has 1 heterocycles. The SMILES string of the molecule is CCCC(=O)N1CCC1(C)C(=O)NS(=O)(=O)c1cccc(F)c1. The van der Waals surface area contributed by atoms with Gasteiger partial charge in [0.15, 0.2) is 0 Å². The van der Waals surface area contributed by atoms with E-state index >= 15 is 0 Å². The number of hydrogen-bond donors (Lipinski definition) is 1. The van der Waals surface area contributed by atoms with Crippen molar-refractivity contribution < 1.29 is 22.4 Å². The first-order valence-electron chi connectivity index (χ1n) is 7.34. The Morgan fingerprint density at radius 3 is 2.61 bits per heavy atom. The van der Waals surface area contributed by atoms with E-state index in [0.717, 1.165) is 12.1 Å². The van der Waals surface area contributed by atoms with Crippen molar-refractivity contribution in [3.63, 3.8) is 0 Å². The summed E-state index contributed by atoms with van der Waals surface area (Å²) in [6.45, 7) is 3.80. The fourth-order valence-electron chi connectivity index (χ4n) is 2.47. The molecule has 6 nitrogen and oxygen atoms in total. The number of carbonyl (C=O) groups is 2. The van der Waals surface area contributed by atoms with Crippen LogP contribution in [0.25, 0.3) is 0 Å². The van der Waals surface area contributed by atoms with Crippen LogP contribution in [0.5, 0.6) is 0 Å². The van der Waals surface area contributed by atoms with Crippen LogP contribution < -0.4 is 4.72 Å². The highest BCUT2D eigenvalue weighted by molar-refractivity contribution is 7.90. The highest BCUT2D eigenvalue weighted by atomic mass is 32.2. The number of hydrogen-bond acceptors (Lipinski definition) is 4. The molecule has 1 atom stereocenters. The molecule has 0 spiro atoms. The van der Waals surface area contributed by atoms with Crippen molar-refractivity contribution in [1.29, 1.82) is 0 Å². The minimum Gasteiger partial charge on any atom is -0.328 e. The summed E-state index contributed by atoms with van der Waals surface area (Å²) in [4.78, 5) is 25.4. The van der Waals surface area contributed by atoms with Crippen LogP contribution in [0.2, 0.25) is 0 Å². The Hall–Kier alpha value is -1.96. The molecule has 1 aliphatic rings. The van der Waals surface area contributed by atoms with E-state index in [2.05, 4.69) is 0 Å². The Labute approximate surface area is 134 Å². The predicted molar refractivity (Wildman–Crippen MR) is 81.4 cm³/mol. The van der Waals surface area contributed by atoms with Gasteiger partial charge in [0.25, 0.3) is 15.9 Å². The molecule has 1 aromatic rings. The predicted octanol–water partition coefficient (Wildman–Crippen LogP) is 1.42. The van der Waals surface area contributed by atoms with Crippen molar-refractivity contribution >= 4 is 21.8 Å². The molecular weight excluding hydrogens is 323 g/mol. The lowest BCUT2D eigenvalue weighted by Gasteiger charge is -2.48. The van der Waals surface area contributed by atoms with Crippen molar-refractivity contribution in [2.45, 2.75) is 43.5 Å². The highest BCUT2D eigenvalue weighted by Gasteiger charge is 2.50. The summed E-state index contributed by atoms with van der Waals surface area (Å²) in [5.74, 6) is -1.67. The number of benzene rings is 1. The van der Waals surface area contributed by atoms with E-state index in [-0.39, 0.29) is 10.8 Å².